The third-order valence-electron chi connectivity index (χ3n) is 3.91. The fourth-order valence-electron chi connectivity index (χ4n) is 2.56. The molecule has 1 heterocycles. The lowest BCUT2D eigenvalue weighted by Gasteiger charge is -2.12. The molecule has 3 rings (SSSR count). The molecule has 0 saturated carbocycles. The predicted octanol–water partition coefficient (Wildman–Crippen LogP) is 4.69. The Balaban J connectivity index is 1.79. The molecule has 1 saturated heterocycles. The lowest BCUT2D eigenvalue weighted by molar-refractivity contribution is -0.122. The molecule has 0 radical (unpaired) electrons. The summed E-state index contributed by atoms with van der Waals surface area (Å²) >= 11 is 9.59. The summed E-state index contributed by atoms with van der Waals surface area (Å²) in [6.45, 7) is 2.77. The summed E-state index contributed by atoms with van der Waals surface area (Å²) in [6, 6.07) is 10.1. The maximum absolute atomic E-state index is 13.0. The Morgan fingerprint density at radius 1 is 1.22 bits per heavy atom. The molecule has 1 aliphatic heterocycles. The number of nitrogens with one attached hydrogen (secondary N) is 1. The Labute approximate surface area is 189 Å². The van der Waals surface area contributed by atoms with Crippen LogP contribution in [0.5, 0.6) is 5.75 Å². The smallest absolute Gasteiger partial charge is 0.276 e. The quantitative estimate of drug-likeness (QED) is 0.304. The first-order valence-corrected chi connectivity index (χ1v) is 10.7. The first-order chi connectivity index (χ1) is 12.9. The summed E-state index contributed by atoms with van der Waals surface area (Å²) in [7, 11) is 0. The van der Waals surface area contributed by atoms with Crippen molar-refractivity contribution >= 4 is 74.5 Å². The van der Waals surface area contributed by atoms with E-state index in [-0.39, 0.29) is 11.7 Å². The molecule has 0 aliphatic carbocycles. The molecule has 8 heteroatoms. The first kappa shape index (κ1) is 20.5. The number of benzene rings is 2. The molecule has 140 valence electrons. The van der Waals surface area contributed by atoms with Crippen LogP contribution in [0.3, 0.4) is 0 Å². The van der Waals surface area contributed by atoms with Gasteiger partial charge in [-0.25, -0.2) is 4.39 Å². The van der Waals surface area contributed by atoms with Gasteiger partial charge in [0.05, 0.1) is 7.14 Å². The molecule has 27 heavy (non-hydrogen) atoms. The van der Waals surface area contributed by atoms with Crippen molar-refractivity contribution in [3.8, 4) is 5.75 Å². The van der Waals surface area contributed by atoms with Crippen molar-refractivity contribution in [2.45, 2.75) is 13.5 Å². The highest BCUT2D eigenvalue weighted by molar-refractivity contribution is 14.1. The van der Waals surface area contributed by atoms with Gasteiger partial charge in [-0.1, -0.05) is 12.1 Å². The van der Waals surface area contributed by atoms with E-state index in [1.807, 2.05) is 19.1 Å². The average molecular weight is 608 g/mol. The molecule has 0 unspecified atom stereocenters. The van der Waals surface area contributed by atoms with Crippen molar-refractivity contribution in [2.75, 3.05) is 6.54 Å². The van der Waals surface area contributed by atoms with Gasteiger partial charge >= 0.3 is 0 Å². The van der Waals surface area contributed by atoms with Crippen molar-refractivity contribution in [3.05, 3.63) is 66.2 Å². The first-order valence-electron chi connectivity index (χ1n) is 8.10. The van der Waals surface area contributed by atoms with Crippen LogP contribution in [0, 0.1) is 13.0 Å². The second kappa shape index (κ2) is 8.82. The molecular formula is C19H15FI2N2O2S. The summed E-state index contributed by atoms with van der Waals surface area (Å²) in [5, 5.41) is 3.39. The number of likely N-dealkylation sites (N-methyl/N-ethyl adjacent to an activating group) is 1. The molecule has 1 amide bonds. The summed E-state index contributed by atoms with van der Waals surface area (Å²) in [6.07, 6.45) is 1.79. The van der Waals surface area contributed by atoms with E-state index in [1.54, 1.807) is 18.2 Å². The van der Waals surface area contributed by atoms with Gasteiger partial charge in [0.15, 0.2) is 5.11 Å². The van der Waals surface area contributed by atoms with E-state index in [1.165, 1.54) is 17.0 Å². The summed E-state index contributed by atoms with van der Waals surface area (Å²) in [4.78, 5) is 13.8. The molecule has 0 bridgehead atoms. The Morgan fingerprint density at radius 2 is 1.85 bits per heavy atom. The Morgan fingerprint density at radius 3 is 2.41 bits per heavy atom. The van der Waals surface area contributed by atoms with Crippen molar-refractivity contribution in [3.63, 3.8) is 0 Å². The highest BCUT2D eigenvalue weighted by Crippen LogP contribution is 2.30. The number of ether oxygens (including phenoxy) is 1. The fourth-order valence-corrected chi connectivity index (χ4v) is 5.01. The number of hydrogen-bond acceptors (Lipinski definition) is 3. The number of nitrogens with zero attached hydrogens (tertiary/aromatic N) is 1. The highest BCUT2D eigenvalue weighted by Gasteiger charge is 2.29. The van der Waals surface area contributed by atoms with Crippen LogP contribution in [0.2, 0.25) is 0 Å². The predicted molar refractivity (Wildman–Crippen MR) is 124 cm³/mol. The fraction of sp³-hybridized carbons (Fsp3) is 0.158. The van der Waals surface area contributed by atoms with Crippen LogP contribution >= 0.6 is 57.4 Å². The van der Waals surface area contributed by atoms with Crippen LogP contribution < -0.4 is 10.1 Å². The minimum absolute atomic E-state index is 0.121. The molecule has 1 aliphatic rings. The van der Waals surface area contributed by atoms with E-state index in [9.17, 15) is 9.18 Å². The maximum atomic E-state index is 13.0. The van der Waals surface area contributed by atoms with Gasteiger partial charge in [0.2, 0.25) is 0 Å². The second-order valence-corrected chi connectivity index (χ2v) is 8.48. The standard InChI is InChI=1S/C19H15FI2N2O2S/c1-2-24-18(25)16(23-19(24)27)9-12-7-14(21)17(15(22)8-12)26-10-11-3-5-13(20)6-4-11/h3-9H,2,10H2,1H3,(H,23,27)/b16-9-. The number of hydrogen-bond donors (Lipinski definition) is 1. The molecule has 1 fully saturated rings. The number of carbonyl (C=O) groups is 1. The molecule has 0 aromatic heterocycles. The van der Waals surface area contributed by atoms with Crippen molar-refractivity contribution in [2.24, 2.45) is 0 Å². The number of carbonyl (C=O) groups excluding carboxylic acids is 1. The zero-order valence-corrected chi connectivity index (χ0v) is 19.4. The Hall–Kier alpha value is -1.27. The third-order valence-corrected chi connectivity index (χ3v) is 5.83. The van der Waals surface area contributed by atoms with Gasteiger partial charge < -0.3 is 10.1 Å². The zero-order chi connectivity index (χ0) is 19.6. The molecule has 0 atom stereocenters. The highest BCUT2D eigenvalue weighted by atomic mass is 127. The van der Waals surface area contributed by atoms with Crippen LogP contribution in [-0.4, -0.2) is 22.5 Å². The monoisotopic (exact) mass is 608 g/mol. The van der Waals surface area contributed by atoms with Gasteiger partial charge in [0.25, 0.3) is 5.91 Å². The lowest BCUT2D eigenvalue weighted by Crippen LogP contribution is -2.30. The number of halogens is 3. The topological polar surface area (TPSA) is 41.6 Å². The van der Waals surface area contributed by atoms with Gasteiger partial charge in [-0.05, 0) is 106 Å². The van der Waals surface area contributed by atoms with Gasteiger partial charge in [-0.15, -0.1) is 0 Å². The number of rotatable bonds is 5. The second-order valence-electron chi connectivity index (χ2n) is 5.77. The van der Waals surface area contributed by atoms with E-state index in [4.69, 9.17) is 17.0 Å². The van der Waals surface area contributed by atoms with Crippen molar-refractivity contribution < 1.29 is 13.9 Å². The van der Waals surface area contributed by atoms with E-state index >= 15 is 0 Å². The largest absolute Gasteiger partial charge is 0.487 e. The van der Waals surface area contributed by atoms with Gasteiger partial charge in [-0.2, -0.15) is 0 Å². The van der Waals surface area contributed by atoms with E-state index in [0.717, 1.165) is 24.0 Å². The average Bonchev–Trinajstić information content (AvgIpc) is 2.88. The number of amides is 1. The minimum Gasteiger partial charge on any atom is -0.487 e. The van der Waals surface area contributed by atoms with Crippen molar-refractivity contribution in [1.82, 2.24) is 10.2 Å². The van der Waals surface area contributed by atoms with E-state index < -0.39 is 0 Å². The molecule has 4 nitrogen and oxygen atoms in total. The van der Waals surface area contributed by atoms with Crippen LogP contribution in [0.4, 0.5) is 4.39 Å². The summed E-state index contributed by atoms with van der Waals surface area (Å²) in [5.41, 5.74) is 2.24. The lowest BCUT2D eigenvalue weighted by atomic mass is 10.2. The van der Waals surface area contributed by atoms with Gasteiger partial charge in [0.1, 0.15) is 23.9 Å². The third kappa shape index (κ3) is 4.77. The van der Waals surface area contributed by atoms with Crippen LogP contribution in [0.15, 0.2) is 42.1 Å². The van der Waals surface area contributed by atoms with Gasteiger partial charge in [-0.3, -0.25) is 9.69 Å². The van der Waals surface area contributed by atoms with E-state index in [0.29, 0.717) is 24.0 Å². The zero-order valence-electron chi connectivity index (χ0n) is 14.3. The minimum atomic E-state index is -0.267. The molecule has 0 spiro atoms. The van der Waals surface area contributed by atoms with Crippen LogP contribution in [0.25, 0.3) is 6.08 Å². The molecule has 1 N–H and O–H groups in total. The molecular weight excluding hydrogens is 593 g/mol. The Bertz CT molecular complexity index is 909. The van der Waals surface area contributed by atoms with Crippen LogP contribution in [-0.2, 0) is 11.4 Å². The number of thiocarbonyl (C=S) groups is 1. The SMILES string of the molecule is CCN1C(=O)/C(=C/c2cc(I)c(OCc3ccc(F)cc3)c(I)c2)NC1=S. The Kier molecular flexibility index (Phi) is 6.69. The summed E-state index contributed by atoms with van der Waals surface area (Å²) < 4.78 is 20.8. The van der Waals surface area contributed by atoms with Gasteiger partial charge in [0, 0.05) is 6.54 Å². The normalized spacial score (nSPS) is 15.4. The van der Waals surface area contributed by atoms with Crippen LogP contribution in [0.1, 0.15) is 18.1 Å². The van der Waals surface area contributed by atoms with E-state index in [2.05, 4.69) is 50.5 Å². The van der Waals surface area contributed by atoms with Crippen molar-refractivity contribution in [1.29, 1.82) is 0 Å². The molecule has 2 aromatic carbocycles. The molecule has 2 aromatic rings. The summed E-state index contributed by atoms with van der Waals surface area (Å²) in [5.74, 6) is 0.375. The maximum Gasteiger partial charge on any atom is 0.276 e.